The van der Waals surface area contributed by atoms with Gasteiger partial charge in [-0.25, -0.2) is 0 Å². The van der Waals surface area contributed by atoms with Crippen molar-refractivity contribution in [2.75, 3.05) is 6.61 Å². The molecule has 118 valence electrons. The predicted octanol–water partition coefficient (Wildman–Crippen LogP) is -0.209. The molecule has 5 atom stereocenters. The van der Waals surface area contributed by atoms with Crippen LogP contribution in [0.25, 0.3) is 0 Å². The van der Waals surface area contributed by atoms with Crippen molar-refractivity contribution < 1.29 is 29.9 Å². The van der Waals surface area contributed by atoms with Crippen LogP contribution in [-0.2, 0) is 4.74 Å². The maximum Gasteiger partial charge on any atom is 0.184 e. The van der Waals surface area contributed by atoms with Gasteiger partial charge in [0.25, 0.3) is 0 Å². The maximum absolute atomic E-state index is 10.0. The smallest absolute Gasteiger partial charge is 0.184 e. The van der Waals surface area contributed by atoms with Crippen molar-refractivity contribution >= 4 is 0 Å². The van der Waals surface area contributed by atoms with Crippen molar-refractivity contribution in [3.05, 3.63) is 28.8 Å². The lowest BCUT2D eigenvalue weighted by molar-refractivity contribution is -0.149. The molecule has 6 nitrogen and oxygen atoms in total. The molecule has 1 aromatic rings. The van der Waals surface area contributed by atoms with E-state index in [1.807, 2.05) is 32.9 Å². The number of ether oxygens (including phenoxy) is 2. The fourth-order valence-corrected chi connectivity index (χ4v) is 2.66. The van der Waals surface area contributed by atoms with Crippen LogP contribution in [0.3, 0.4) is 0 Å². The highest BCUT2D eigenvalue weighted by Gasteiger charge is 2.45. The van der Waals surface area contributed by atoms with Gasteiger partial charge in [-0.2, -0.15) is 0 Å². The first-order valence-electron chi connectivity index (χ1n) is 6.89. The van der Waals surface area contributed by atoms with Crippen LogP contribution in [0, 0.1) is 20.8 Å². The van der Waals surface area contributed by atoms with E-state index in [-0.39, 0.29) is 6.61 Å². The van der Waals surface area contributed by atoms with Crippen molar-refractivity contribution in [3.8, 4) is 5.75 Å². The van der Waals surface area contributed by atoms with E-state index in [1.54, 1.807) is 0 Å². The SMILES string of the molecule is Cc1cc(C)c(OCC(O)C2OC(O)C(O)C2O)c(C)c1. The topological polar surface area (TPSA) is 99.4 Å². The van der Waals surface area contributed by atoms with E-state index >= 15 is 0 Å². The van der Waals surface area contributed by atoms with Crippen molar-refractivity contribution in [1.29, 1.82) is 0 Å². The van der Waals surface area contributed by atoms with Crippen LogP contribution >= 0.6 is 0 Å². The molecule has 0 amide bonds. The molecule has 1 aliphatic rings. The Kier molecular flexibility index (Phi) is 4.85. The monoisotopic (exact) mass is 298 g/mol. The van der Waals surface area contributed by atoms with E-state index in [4.69, 9.17) is 9.47 Å². The molecule has 5 unspecified atom stereocenters. The third-order valence-electron chi connectivity index (χ3n) is 3.66. The number of aliphatic hydroxyl groups excluding tert-OH is 4. The Hall–Kier alpha value is -1.18. The molecule has 0 bridgehead atoms. The summed E-state index contributed by atoms with van der Waals surface area (Å²) < 4.78 is 10.6. The molecule has 1 fully saturated rings. The summed E-state index contributed by atoms with van der Waals surface area (Å²) in [6, 6.07) is 3.95. The van der Waals surface area contributed by atoms with Crippen LogP contribution in [0.15, 0.2) is 12.1 Å². The van der Waals surface area contributed by atoms with E-state index in [2.05, 4.69) is 0 Å². The summed E-state index contributed by atoms with van der Waals surface area (Å²) in [6.45, 7) is 5.71. The number of hydrogen-bond donors (Lipinski definition) is 4. The van der Waals surface area contributed by atoms with E-state index in [9.17, 15) is 20.4 Å². The Balaban J connectivity index is 2.00. The highest BCUT2D eigenvalue weighted by atomic mass is 16.7. The van der Waals surface area contributed by atoms with Crippen molar-refractivity contribution in [3.63, 3.8) is 0 Å². The third-order valence-corrected chi connectivity index (χ3v) is 3.66. The summed E-state index contributed by atoms with van der Waals surface area (Å²) in [6.07, 6.45) is -6.51. The molecular formula is C15H22O6. The first kappa shape index (κ1) is 16.2. The Morgan fingerprint density at radius 2 is 1.67 bits per heavy atom. The Labute approximate surface area is 123 Å². The van der Waals surface area contributed by atoms with Gasteiger partial charge in [0.15, 0.2) is 6.29 Å². The van der Waals surface area contributed by atoms with Crippen molar-refractivity contribution in [2.45, 2.75) is 51.5 Å². The minimum Gasteiger partial charge on any atom is -0.490 e. The lowest BCUT2D eigenvalue weighted by Gasteiger charge is -2.22. The predicted molar refractivity (Wildman–Crippen MR) is 75.0 cm³/mol. The number of aliphatic hydroxyl groups is 4. The molecule has 1 aromatic carbocycles. The van der Waals surface area contributed by atoms with Gasteiger partial charge in [-0.05, 0) is 31.9 Å². The number of aryl methyl sites for hydroxylation is 3. The van der Waals surface area contributed by atoms with Crippen LogP contribution in [0.4, 0.5) is 0 Å². The standard InChI is InChI=1S/C15H22O6/c1-7-4-8(2)13(9(3)5-7)20-6-10(16)14-11(17)12(18)15(19)21-14/h4-5,10-12,14-19H,6H2,1-3H3. The summed E-state index contributed by atoms with van der Waals surface area (Å²) in [4.78, 5) is 0. The minimum absolute atomic E-state index is 0.105. The first-order valence-corrected chi connectivity index (χ1v) is 6.89. The van der Waals surface area contributed by atoms with Gasteiger partial charge in [-0.1, -0.05) is 17.7 Å². The average molecular weight is 298 g/mol. The zero-order valence-corrected chi connectivity index (χ0v) is 12.4. The van der Waals surface area contributed by atoms with Crippen LogP contribution < -0.4 is 4.74 Å². The second kappa shape index (κ2) is 6.29. The third kappa shape index (κ3) is 3.36. The molecule has 0 spiro atoms. The van der Waals surface area contributed by atoms with Gasteiger partial charge < -0.3 is 29.9 Å². The van der Waals surface area contributed by atoms with Gasteiger partial charge in [0.2, 0.25) is 0 Å². The van der Waals surface area contributed by atoms with Crippen LogP contribution in [-0.4, -0.2) is 57.7 Å². The van der Waals surface area contributed by atoms with Crippen LogP contribution in [0.1, 0.15) is 16.7 Å². The summed E-state index contributed by atoms with van der Waals surface area (Å²) in [7, 11) is 0. The second-order valence-electron chi connectivity index (χ2n) is 5.58. The minimum atomic E-state index is -1.50. The summed E-state index contributed by atoms with van der Waals surface area (Å²) in [5.74, 6) is 0.674. The molecular weight excluding hydrogens is 276 g/mol. The summed E-state index contributed by atoms with van der Waals surface area (Å²) in [5, 5.41) is 38.4. The van der Waals surface area contributed by atoms with Crippen molar-refractivity contribution in [2.24, 2.45) is 0 Å². The van der Waals surface area contributed by atoms with Gasteiger partial charge in [-0.3, -0.25) is 0 Å². The Bertz CT molecular complexity index is 480. The molecule has 0 saturated carbocycles. The van der Waals surface area contributed by atoms with Gasteiger partial charge in [0.1, 0.15) is 36.8 Å². The lowest BCUT2D eigenvalue weighted by atomic mass is 10.1. The highest BCUT2D eigenvalue weighted by Crippen LogP contribution is 2.26. The molecule has 1 aliphatic heterocycles. The highest BCUT2D eigenvalue weighted by molar-refractivity contribution is 5.42. The average Bonchev–Trinajstić information content (AvgIpc) is 2.65. The molecule has 0 aromatic heterocycles. The van der Waals surface area contributed by atoms with Gasteiger partial charge in [0, 0.05) is 0 Å². The molecule has 21 heavy (non-hydrogen) atoms. The summed E-state index contributed by atoms with van der Waals surface area (Å²) >= 11 is 0. The zero-order valence-electron chi connectivity index (χ0n) is 12.4. The second-order valence-corrected chi connectivity index (χ2v) is 5.58. The lowest BCUT2D eigenvalue weighted by Crippen LogP contribution is -2.41. The Morgan fingerprint density at radius 1 is 1.10 bits per heavy atom. The number of rotatable bonds is 4. The Morgan fingerprint density at radius 3 is 2.14 bits per heavy atom. The molecule has 1 heterocycles. The van der Waals surface area contributed by atoms with Gasteiger partial charge >= 0.3 is 0 Å². The molecule has 2 rings (SSSR count). The van der Waals surface area contributed by atoms with E-state index in [1.165, 1.54) is 0 Å². The molecule has 4 N–H and O–H groups in total. The van der Waals surface area contributed by atoms with E-state index in [0.29, 0.717) is 5.75 Å². The van der Waals surface area contributed by atoms with E-state index in [0.717, 1.165) is 16.7 Å². The number of benzene rings is 1. The molecule has 6 heteroatoms. The van der Waals surface area contributed by atoms with Crippen LogP contribution in [0.5, 0.6) is 5.75 Å². The van der Waals surface area contributed by atoms with Gasteiger partial charge in [-0.15, -0.1) is 0 Å². The fourth-order valence-electron chi connectivity index (χ4n) is 2.66. The quantitative estimate of drug-likeness (QED) is 0.614. The van der Waals surface area contributed by atoms with Crippen molar-refractivity contribution in [1.82, 2.24) is 0 Å². The van der Waals surface area contributed by atoms with Gasteiger partial charge in [0.05, 0.1) is 0 Å². The summed E-state index contributed by atoms with van der Waals surface area (Å²) in [5.41, 5.74) is 3.03. The molecule has 1 saturated heterocycles. The largest absolute Gasteiger partial charge is 0.490 e. The first-order chi connectivity index (χ1) is 9.81. The molecule has 0 aliphatic carbocycles. The normalized spacial score (nSPS) is 30.4. The van der Waals surface area contributed by atoms with E-state index < -0.39 is 30.7 Å². The van der Waals surface area contributed by atoms with Crippen LogP contribution in [0.2, 0.25) is 0 Å². The molecule has 0 radical (unpaired) electrons. The fraction of sp³-hybridized carbons (Fsp3) is 0.600. The number of hydrogen-bond acceptors (Lipinski definition) is 6. The maximum atomic E-state index is 10.0. The zero-order chi connectivity index (χ0) is 15.7.